The van der Waals surface area contributed by atoms with Gasteiger partial charge in [-0.3, -0.25) is 0 Å². The summed E-state index contributed by atoms with van der Waals surface area (Å²) in [5.41, 5.74) is 0.767. The predicted molar refractivity (Wildman–Crippen MR) is 67.2 cm³/mol. The Morgan fingerprint density at radius 1 is 1.50 bits per heavy atom. The molecule has 2 unspecified atom stereocenters. The van der Waals surface area contributed by atoms with Crippen LogP contribution < -0.4 is 10.6 Å². The van der Waals surface area contributed by atoms with Gasteiger partial charge in [0.15, 0.2) is 0 Å². The van der Waals surface area contributed by atoms with Crippen LogP contribution in [0.3, 0.4) is 0 Å². The summed E-state index contributed by atoms with van der Waals surface area (Å²) >= 11 is 5.79. The van der Waals surface area contributed by atoms with Gasteiger partial charge in [0.25, 0.3) is 0 Å². The highest BCUT2D eigenvalue weighted by molar-refractivity contribution is 6.30. The quantitative estimate of drug-likeness (QED) is 0.696. The van der Waals surface area contributed by atoms with Crippen LogP contribution >= 0.6 is 11.6 Å². The summed E-state index contributed by atoms with van der Waals surface area (Å²) in [6.45, 7) is 4.25. The summed E-state index contributed by atoms with van der Waals surface area (Å²) in [6.07, 6.45) is 1.07. The number of rotatable bonds is 2. The van der Waals surface area contributed by atoms with E-state index >= 15 is 0 Å². The summed E-state index contributed by atoms with van der Waals surface area (Å²) < 4.78 is 0. The van der Waals surface area contributed by atoms with Crippen molar-refractivity contribution in [2.45, 2.75) is 19.4 Å². The Morgan fingerprint density at radius 3 is 3.00 bits per heavy atom. The summed E-state index contributed by atoms with van der Waals surface area (Å²) in [7, 11) is 0. The standard InChI is InChI=1S/C12H17ClN2O/c1-8-7-14-5-4-10(8)15-11-3-2-9(13)6-12(11)16/h2-3,6,8,10,14-16H,4-5,7H2,1H3. The second-order valence-corrected chi connectivity index (χ2v) is 4.82. The zero-order valence-electron chi connectivity index (χ0n) is 9.33. The molecular formula is C12H17ClN2O. The molecule has 1 aliphatic rings. The van der Waals surface area contributed by atoms with Crippen molar-refractivity contribution in [1.82, 2.24) is 5.32 Å². The molecule has 88 valence electrons. The Hall–Kier alpha value is -0.930. The third kappa shape index (κ3) is 2.60. The fourth-order valence-electron chi connectivity index (χ4n) is 2.06. The lowest BCUT2D eigenvalue weighted by Crippen LogP contribution is -2.42. The van der Waals surface area contributed by atoms with Crippen molar-refractivity contribution in [3.8, 4) is 5.75 Å². The Bertz CT molecular complexity index is 370. The van der Waals surface area contributed by atoms with Gasteiger partial charge in [0.1, 0.15) is 5.75 Å². The molecule has 3 nitrogen and oxygen atoms in total. The van der Waals surface area contributed by atoms with Gasteiger partial charge in [-0.15, -0.1) is 0 Å². The Balaban J connectivity index is 2.07. The molecule has 1 aromatic rings. The summed E-state index contributed by atoms with van der Waals surface area (Å²) in [4.78, 5) is 0. The lowest BCUT2D eigenvalue weighted by atomic mass is 9.95. The first kappa shape index (κ1) is 11.6. The Kier molecular flexibility index (Phi) is 3.56. The van der Waals surface area contributed by atoms with Crippen molar-refractivity contribution >= 4 is 17.3 Å². The summed E-state index contributed by atoms with van der Waals surface area (Å²) in [5.74, 6) is 0.780. The van der Waals surface area contributed by atoms with E-state index in [0.29, 0.717) is 17.0 Å². The number of benzene rings is 1. The first-order valence-corrected chi connectivity index (χ1v) is 6.00. The van der Waals surface area contributed by atoms with Crippen molar-refractivity contribution in [2.24, 2.45) is 5.92 Å². The van der Waals surface area contributed by atoms with Crippen molar-refractivity contribution in [3.05, 3.63) is 23.2 Å². The molecule has 0 aliphatic carbocycles. The topological polar surface area (TPSA) is 44.3 Å². The van der Waals surface area contributed by atoms with Crippen molar-refractivity contribution in [2.75, 3.05) is 18.4 Å². The van der Waals surface area contributed by atoms with Gasteiger partial charge in [-0.05, 0) is 37.6 Å². The first-order chi connectivity index (χ1) is 7.66. The van der Waals surface area contributed by atoms with E-state index in [0.717, 1.165) is 25.2 Å². The van der Waals surface area contributed by atoms with E-state index in [1.165, 1.54) is 0 Å². The summed E-state index contributed by atoms with van der Waals surface area (Å²) in [6, 6.07) is 5.59. The molecule has 2 atom stereocenters. The second-order valence-electron chi connectivity index (χ2n) is 4.38. The number of halogens is 1. The number of phenolic OH excluding ortho intramolecular Hbond substituents is 1. The monoisotopic (exact) mass is 240 g/mol. The molecule has 0 saturated carbocycles. The predicted octanol–water partition coefficient (Wildman–Crippen LogP) is 2.46. The van der Waals surface area contributed by atoms with E-state index in [4.69, 9.17) is 11.6 Å². The van der Waals surface area contributed by atoms with Gasteiger partial charge in [-0.2, -0.15) is 0 Å². The van der Waals surface area contributed by atoms with E-state index in [-0.39, 0.29) is 5.75 Å². The molecule has 1 fully saturated rings. The van der Waals surface area contributed by atoms with Gasteiger partial charge in [0.05, 0.1) is 5.69 Å². The molecule has 0 bridgehead atoms. The highest BCUT2D eigenvalue weighted by Crippen LogP contribution is 2.28. The highest BCUT2D eigenvalue weighted by Gasteiger charge is 2.21. The van der Waals surface area contributed by atoms with Gasteiger partial charge in [-0.25, -0.2) is 0 Å². The molecular weight excluding hydrogens is 224 g/mol. The third-order valence-corrected chi connectivity index (χ3v) is 3.32. The van der Waals surface area contributed by atoms with E-state index in [9.17, 15) is 5.11 Å². The van der Waals surface area contributed by atoms with Gasteiger partial charge in [0.2, 0.25) is 0 Å². The summed E-state index contributed by atoms with van der Waals surface area (Å²) in [5, 5.41) is 17.0. The Morgan fingerprint density at radius 2 is 2.31 bits per heavy atom. The lowest BCUT2D eigenvalue weighted by Gasteiger charge is -2.31. The smallest absolute Gasteiger partial charge is 0.140 e. The molecule has 1 saturated heterocycles. The first-order valence-electron chi connectivity index (χ1n) is 5.62. The number of aromatic hydroxyl groups is 1. The zero-order chi connectivity index (χ0) is 11.5. The zero-order valence-corrected chi connectivity index (χ0v) is 10.1. The van der Waals surface area contributed by atoms with Crippen molar-refractivity contribution in [3.63, 3.8) is 0 Å². The van der Waals surface area contributed by atoms with Crippen LogP contribution in [0.15, 0.2) is 18.2 Å². The minimum Gasteiger partial charge on any atom is -0.506 e. The molecule has 4 heteroatoms. The molecule has 0 aromatic heterocycles. The van der Waals surface area contributed by atoms with Gasteiger partial charge in [-0.1, -0.05) is 18.5 Å². The highest BCUT2D eigenvalue weighted by atomic mass is 35.5. The fourth-order valence-corrected chi connectivity index (χ4v) is 2.22. The van der Waals surface area contributed by atoms with Gasteiger partial charge in [0, 0.05) is 17.1 Å². The number of anilines is 1. The van der Waals surface area contributed by atoms with E-state index in [1.807, 2.05) is 6.07 Å². The average Bonchev–Trinajstić information content (AvgIpc) is 2.25. The van der Waals surface area contributed by atoms with Crippen LogP contribution in [-0.2, 0) is 0 Å². The largest absolute Gasteiger partial charge is 0.506 e. The van der Waals surface area contributed by atoms with Gasteiger partial charge >= 0.3 is 0 Å². The van der Waals surface area contributed by atoms with Crippen LogP contribution in [0.2, 0.25) is 5.02 Å². The maximum atomic E-state index is 9.75. The van der Waals surface area contributed by atoms with Crippen LogP contribution in [0.4, 0.5) is 5.69 Å². The maximum absolute atomic E-state index is 9.75. The van der Waals surface area contributed by atoms with E-state index < -0.39 is 0 Å². The lowest BCUT2D eigenvalue weighted by molar-refractivity contribution is 0.367. The fraction of sp³-hybridized carbons (Fsp3) is 0.500. The number of phenols is 1. The molecule has 0 amide bonds. The molecule has 3 N–H and O–H groups in total. The molecule has 1 heterocycles. The van der Waals surface area contributed by atoms with Crippen LogP contribution in [-0.4, -0.2) is 24.2 Å². The number of hydrogen-bond acceptors (Lipinski definition) is 3. The van der Waals surface area contributed by atoms with Gasteiger partial charge < -0.3 is 15.7 Å². The SMILES string of the molecule is CC1CNCCC1Nc1ccc(Cl)cc1O. The molecule has 1 aliphatic heterocycles. The second kappa shape index (κ2) is 4.93. The molecule has 2 rings (SSSR count). The molecule has 1 aromatic carbocycles. The number of piperidine rings is 1. The normalized spacial score (nSPS) is 25.4. The average molecular weight is 241 g/mol. The molecule has 0 spiro atoms. The number of hydrogen-bond donors (Lipinski definition) is 3. The van der Waals surface area contributed by atoms with E-state index in [1.54, 1.807) is 12.1 Å². The molecule has 16 heavy (non-hydrogen) atoms. The van der Waals surface area contributed by atoms with E-state index in [2.05, 4.69) is 17.6 Å². The minimum atomic E-state index is 0.221. The third-order valence-electron chi connectivity index (χ3n) is 3.09. The molecule has 0 radical (unpaired) electrons. The van der Waals surface area contributed by atoms with Crippen LogP contribution in [0.5, 0.6) is 5.75 Å². The van der Waals surface area contributed by atoms with Crippen LogP contribution in [0, 0.1) is 5.92 Å². The Labute approximate surface area is 101 Å². The van der Waals surface area contributed by atoms with Crippen LogP contribution in [0.1, 0.15) is 13.3 Å². The van der Waals surface area contributed by atoms with Crippen molar-refractivity contribution < 1.29 is 5.11 Å². The minimum absolute atomic E-state index is 0.221. The number of nitrogens with one attached hydrogen (secondary N) is 2. The maximum Gasteiger partial charge on any atom is 0.140 e. The van der Waals surface area contributed by atoms with Crippen LogP contribution in [0.25, 0.3) is 0 Å². The van der Waals surface area contributed by atoms with Crippen molar-refractivity contribution in [1.29, 1.82) is 0 Å².